The van der Waals surface area contributed by atoms with Crippen molar-refractivity contribution < 1.29 is 19.1 Å². The topological polar surface area (TPSA) is 71.8 Å². The first-order valence-electron chi connectivity index (χ1n) is 8.89. The fourth-order valence-corrected chi connectivity index (χ4v) is 3.15. The van der Waals surface area contributed by atoms with Crippen LogP contribution in [0.15, 0.2) is 36.5 Å². The number of aromatic nitrogens is 1. The molecule has 2 amide bonds. The van der Waals surface area contributed by atoms with Gasteiger partial charge in [-0.25, -0.2) is 4.79 Å². The Morgan fingerprint density at radius 2 is 1.58 bits per heavy atom. The van der Waals surface area contributed by atoms with E-state index in [4.69, 9.17) is 4.74 Å². The molecule has 1 fully saturated rings. The first kappa shape index (κ1) is 18.0. The molecule has 0 radical (unpaired) electrons. The van der Waals surface area contributed by atoms with E-state index in [-0.39, 0.29) is 30.7 Å². The summed E-state index contributed by atoms with van der Waals surface area (Å²) in [6.45, 7) is 3.97. The number of rotatable bonds is 4. The van der Waals surface area contributed by atoms with E-state index < -0.39 is 0 Å². The van der Waals surface area contributed by atoms with E-state index in [0.29, 0.717) is 32.8 Å². The summed E-state index contributed by atoms with van der Waals surface area (Å²) in [5.74, 6) is -0.150. The number of carbonyl (C=O) groups is 3. The smallest absolute Gasteiger partial charge is 0.409 e. The molecule has 1 saturated heterocycles. The lowest BCUT2D eigenvalue weighted by atomic mass is 10.2. The average molecular weight is 357 g/mol. The van der Waals surface area contributed by atoms with Crippen LogP contribution in [0.4, 0.5) is 4.79 Å². The van der Waals surface area contributed by atoms with E-state index >= 15 is 0 Å². The molecular formula is C19H23N3O4. The van der Waals surface area contributed by atoms with Gasteiger partial charge in [-0.1, -0.05) is 18.2 Å². The summed E-state index contributed by atoms with van der Waals surface area (Å²) in [6, 6.07) is 9.55. The Bertz CT molecular complexity index is 806. The second-order valence-corrected chi connectivity index (χ2v) is 6.21. The molecular weight excluding hydrogens is 334 g/mol. The van der Waals surface area contributed by atoms with Crippen LogP contribution in [0.5, 0.6) is 0 Å². The van der Waals surface area contributed by atoms with Gasteiger partial charge in [0.15, 0.2) is 0 Å². The Morgan fingerprint density at radius 1 is 0.923 bits per heavy atom. The van der Waals surface area contributed by atoms with Crippen molar-refractivity contribution in [3.05, 3.63) is 36.5 Å². The molecule has 0 atom stereocenters. The molecule has 138 valence electrons. The van der Waals surface area contributed by atoms with Crippen molar-refractivity contribution in [3.8, 4) is 0 Å². The standard InChI is InChI=1S/C19H23N3O4/c1-2-26-19(25)21-13-11-20(12-14-21)17(23)7-8-18(24)22-10-9-15-5-3-4-6-16(15)22/h3-6,9-10H,2,7-8,11-14H2,1H3. The second-order valence-electron chi connectivity index (χ2n) is 6.21. The van der Waals surface area contributed by atoms with Crippen molar-refractivity contribution in [2.24, 2.45) is 0 Å². The fraction of sp³-hybridized carbons (Fsp3) is 0.421. The Hall–Kier alpha value is -2.83. The van der Waals surface area contributed by atoms with E-state index in [1.54, 1.807) is 27.5 Å². The number of piperazine rings is 1. The van der Waals surface area contributed by atoms with Gasteiger partial charge in [-0.05, 0) is 19.1 Å². The molecule has 0 bridgehead atoms. The van der Waals surface area contributed by atoms with Gasteiger partial charge in [0.05, 0.1) is 12.1 Å². The molecule has 3 rings (SSSR count). The third kappa shape index (κ3) is 3.87. The van der Waals surface area contributed by atoms with Crippen LogP contribution in [-0.2, 0) is 9.53 Å². The third-order valence-electron chi connectivity index (χ3n) is 4.58. The minimum atomic E-state index is -0.339. The van der Waals surface area contributed by atoms with E-state index in [1.807, 2.05) is 30.3 Å². The lowest BCUT2D eigenvalue weighted by molar-refractivity contribution is -0.132. The van der Waals surface area contributed by atoms with Crippen molar-refractivity contribution in [1.29, 1.82) is 0 Å². The lowest BCUT2D eigenvalue weighted by Crippen LogP contribution is -2.50. The maximum absolute atomic E-state index is 12.4. The van der Waals surface area contributed by atoms with E-state index in [9.17, 15) is 14.4 Å². The van der Waals surface area contributed by atoms with Gasteiger partial charge in [-0.3, -0.25) is 14.2 Å². The van der Waals surface area contributed by atoms with Gasteiger partial charge in [-0.2, -0.15) is 0 Å². The molecule has 0 aliphatic carbocycles. The van der Waals surface area contributed by atoms with Crippen LogP contribution in [0.2, 0.25) is 0 Å². The Kier molecular flexibility index (Phi) is 5.55. The van der Waals surface area contributed by atoms with Gasteiger partial charge >= 0.3 is 6.09 Å². The maximum Gasteiger partial charge on any atom is 0.409 e. The summed E-state index contributed by atoms with van der Waals surface area (Å²) in [5.41, 5.74) is 0.855. The molecule has 1 aliphatic heterocycles. The van der Waals surface area contributed by atoms with Crippen molar-refractivity contribution >= 4 is 28.8 Å². The molecule has 7 nitrogen and oxygen atoms in total. The zero-order valence-corrected chi connectivity index (χ0v) is 14.9. The first-order chi connectivity index (χ1) is 12.6. The van der Waals surface area contributed by atoms with Crippen LogP contribution in [0, 0.1) is 0 Å². The predicted molar refractivity (Wildman–Crippen MR) is 97.0 cm³/mol. The Balaban J connectivity index is 1.50. The second kappa shape index (κ2) is 8.03. The molecule has 0 N–H and O–H groups in total. The van der Waals surface area contributed by atoms with Gasteiger partial charge in [0, 0.05) is 50.6 Å². The highest BCUT2D eigenvalue weighted by Crippen LogP contribution is 2.16. The zero-order chi connectivity index (χ0) is 18.5. The van der Waals surface area contributed by atoms with Crippen LogP contribution in [0.1, 0.15) is 24.6 Å². The fourth-order valence-electron chi connectivity index (χ4n) is 3.15. The summed E-state index contributed by atoms with van der Waals surface area (Å²) >= 11 is 0. The number of hydrogen-bond acceptors (Lipinski definition) is 4. The normalized spacial score (nSPS) is 14.5. The van der Waals surface area contributed by atoms with Crippen molar-refractivity contribution in [2.75, 3.05) is 32.8 Å². The third-order valence-corrected chi connectivity index (χ3v) is 4.58. The average Bonchev–Trinajstić information content (AvgIpc) is 3.10. The van der Waals surface area contributed by atoms with E-state index in [0.717, 1.165) is 10.9 Å². The molecule has 1 aliphatic rings. The predicted octanol–water partition coefficient (Wildman–Crippen LogP) is 2.36. The van der Waals surface area contributed by atoms with E-state index in [1.165, 1.54) is 0 Å². The van der Waals surface area contributed by atoms with Gasteiger partial charge < -0.3 is 14.5 Å². The van der Waals surface area contributed by atoms with Gasteiger partial charge in [-0.15, -0.1) is 0 Å². The highest BCUT2D eigenvalue weighted by atomic mass is 16.6. The van der Waals surface area contributed by atoms with Gasteiger partial charge in [0.1, 0.15) is 0 Å². The molecule has 0 unspecified atom stereocenters. The molecule has 1 aromatic carbocycles. The van der Waals surface area contributed by atoms with Gasteiger partial charge in [0.2, 0.25) is 11.8 Å². The molecule has 7 heteroatoms. The summed E-state index contributed by atoms with van der Waals surface area (Å²) in [6.07, 6.45) is 1.74. The molecule has 2 heterocycles. The highest BCUT2D eigenvalue weighted by molar-refractivity contribution is 5.94. The summed E-state index contributed by atoms with van der Waals surface area (Å²) in [5, 5.41) is 1.00. The largest absolute Gasteiger partial charge is 0.450 e. The first-order valence-corrected chi connectivity index (χ1v) is 8.89. The van der Waals surface area contributed by atoms with Crippen LogP contribution in [0.3, 0.4) is 0 Å². The number of para-hydroxylation sites is 1. The quantitative estimate of drug-likeness (QED) is 0.842. The zero-order valence-electron chi connectivity index (χ0n) is 14.9. The number of nitrogens with zero attached hydrogens (tertiary/aromatic N) is 3. The molecule has 0 spiro atoms. The number of benzene rings is 1. The van der Waals surface area contributed by atoms with Crippen molar-refractivity contribution in [3.63, 3.8) is 0 Å². The Labute approximate surface area is 152 Å². The molecule has 0 saturated carbocycles. The number of amides is 2. The maximum atomic E-state index is 12.4. The summed E-state index contributed by atoms with van der Waals surface area (Å²) < 4.78 is 6.57. The lowest BCUT2D eigenvalue weighted by Gasteiger charge is -2.34. The Morgan fingerprint density at radius 3 is 2.31 bits per heavy atom. The number of ether oxygens (including phenoxy) is 1. The van der Waals surface area contributed by atoms with E-state index in [2.05, 4.69) is 0 Å². The molecule has 26 heavy (non-hydrogen) atoms. The molecule has 2 aromatic rings. The minimum absolute atomic E-state index is 0.0571. The van der Waals surface area contributed by atoms with Crippen LogP contribution < -0.4 is 0 Å². The highest BCUT2D eigenvalue weighted by Gasteiger charge is 2.25. The van der Waals surface area contributed by atoms with Crippen LogP contribution >= 0.6 is 0 Å². The molecule has 1 aromatic heterocycles. The number of fused-ring (bicyclic) bond motifs is 1. The van der Waals surface area contributed by atoms with Crippen molar-refractivity contribution in [1.82, 2.24) is 14.4 Å². The monoisotopic (exact) mass is 357 g/mol. The number of carbonyl (C=O) groups excluding carboxylic acids is 3. The number of hydrogen-bond donors (Lipinski definition) is 0. The van der Waals surface area contributed by atoms with Crippen molar-refractivity contribution in [2.45, 2.75) is 19.8 Å². The summed E-state index contributed by atoms with van der Waals surface area (Å²) in [4.78, 5) is 39.8. The minimum Gasteiger partial charge on any atom is -0.450 e. The summed E-state index contributed by atoms with van der Waals surface area (Å²) in [7, 11) is 0. The van der Waals surface area contributed by atoms with Crippen LogP contribution in [-0.4, -0.2) is 65.1 Å². The van der Waals surface area contributed by atoms with Gasteiger partial charge in [0.25, 0.3) is 0 Å². The van der Waals surface area contributed by atoms with Crippen LogP contribution in [0.25, 0.3) is 10.9 Å². The SMILES string of the molecule is CCOC(=O)N1CCN(C(=O)CCC(=O)n2ccc3ccccc32)CC1.